The Labute approximate surface area is 184 Å². The summed E-state index contributed by atoms with van der Waals surface area (Å²) in [6, 6.07) is 9.93. The van der Waals surface area contributed by atoms with Crippen LogP contribution in [0.1, 0.15) is 26.8 Å². The Morgan fingerprint density at radius 1 is 0.969 bits per heavy atom. The fourth-order valence-corrected chi connectivity index (χ4v) is 3.80. The van der Waals surface area contributed by atoms with Gasteiger partial charge in [-0.25, -0.2) is 9.97 Å². The van der Waals surface area contributed by atoms with E-state index in [4.69, 9.17) is 0 Å². The lowest BCUT2D eigenvalue weighted by molar-refractivity contribution is -0.137. The van der Waals surface area contributed by atoms with Gasteiger partial charge in [0.1, 0.15) is 21.4 Å². The number of carbonyl (C=O) groups excluding carboxylic acids is 1. The number of anilines is 1. The summed E-state index contributed by atoms with van der Waals surface area (Å²) >= 11 is 1.07. The number of benzene rings is 1. The van der Waals surface area contributed by atoms with E-state index in [1.54, 1.807) is 38.2 Å². The third-order valence-corrected chi connectivity index (χ3v) is 5.53. The van der Waals surface area contributed by atoms with Gasteiger partial charge in [0.15, 0.2) is 5.82 Å². The van der Waals surface area contributed by atoms with Crippen molar-refractivity contribution in [2.24, 2.45) is 0 Å². The van der Waals surface area contributed by atoms with Gasteiger partial charge in [-0.05, 0) is 38.1 Å². The summed E-state index contributed by atoms with van der Waals surface area (Å²) in [4.78, 5) is 34.3. The van der Waals surface area contributed by atoms with Crippen molar-refractivity contribution in [1.82, 2.24) is 24.9 Å². The molecular formula is C21H15F3N6OS. The summed E-state index contributed by atoms with van der Waals surface area (Å²) in [5, 5.41) is 3.07. The fourth-order valence-electron chi connectivity index (χ4n) is 2.84. The topological polar surface area (TPSA) is 93.6 Å². The van der Waals surface area contributed by atoms with Crippen molar-refractivity contribution in [1.29, 1.82) is 0 Å². The van der Waals surface area contributed by atoms with E-state index in [9.17, 15) is 18.0 Å². The van der Waals surface area contributed by atoms with Gasteiger partial charge < -0.3 is 0 Å². The van der Waals surface area contributed by atoms with Gasteiger partial charge in [-0.3, -0.25) is 15.1 Å². The molecule has 4 aromatic rings. The molecule has 7 nitrogen and oxygen atoms in total. The fraction of sp³-hybridized carbons (Fsp3) is 0.143. The Morgan fingerprint density at radius 3 is 2.38 bits per heavy atom. The second kappa shape index (κ2) is 8.42. The maximum absolute atomic E-state index is 12.8. The Hall–Kier alpha value is -3.73. The first-order valence-electron chi connectivity index (χ1n) is 9.31. The van der Waals surface area contributed by atoms with Gasteiger partial charge in [-0.2, -0.15) is 23.1 Å². The monoisotopic (exact) mass is 456 g/mol. The molecule has 3 heterocycles. The van der Waals surface area contributed by atoms with Crippen LogP contribution in [-0.2, 0) is 6.18 Å². The molecule has 0 fully saturated rings. The third-order valence-electron chi connectivity index (χ3n) is 4.33. The van der Waals surface area contributed by atoms with Crippen LogP contribution in [0, 0.1) is 13.8 Å². The van der Waals surface area contributed by atoms with Crippen molar-refractivity contribution in [2.45, 2.75) is 20.0 Å². The van der Waals surface area contributed by atoms with Crippen molar-refractivity contribution in [2.75, 3.05) is 5.32 Å². The van der Waals surface area contributed by atoms with Crippen molar-refractivity contribution >= 4 is 23.2 Å². The first-order valence-corrected chi connectivity index (χ1v) is 10.1. The smallest absolute Gasteiger partial charge is 0.290 e. The predicted octanol–water partition coefficient (Wildman–Crippen LogP) is 4.95. The minimum absolute atomic E-state index is 0.0621. The first kappa shape index (κ1) is 21.5. The SMILES string of the molecule is Cc1nc(NC(=O)c2sc(-c3ccc(C(F)(F)F)cc3)nc2C)nc(-c2ccccn2)n1. The van der Waals surface area contributed by atoms with E-state index >= 15 is 0 Å². The molecule has 0 spiro atoms. The van der Waals surface area contributed by atoms with Crippen LogP contribution >= 0.6 is 11.3 Å². The highest BCUT2D eigenvalue weighted by atomic mass is 32.1. The van der Waals surface area contributed by atoms with E-state index in [-0.39, 0.29) is 5.95 Å². The molecule has 0 bridgehead atoms. The third kappa shape index (κ3) is 4.62. The molecule has 32 heavy (non-hydrogen) atoms. The highest BCUT2D eigenvalue weighted by Gasteiger charge is 2.30. The van der Waals surface area contributed by atoms with Crippen LogP contribution in [0.25, 0.3) is 22.1 Å². The number of hydrogen-bond acceptors (Lipinski definition) is 7. The van der Waals surface area contributed by atoms with Crippen LogP contribution < -0.4 is 5.32 Å². The van der Waals surface area contributed by atoms with Gasteiger partial charge in [-0.1, -0.05) is 18.2 Å². The number of nitrogens with zero attached hydrogens (tertiary/aromatic N) is 5. The van der Waals surface area contributed by atoms with Gasteiger partial charge >= 0.3 is 6.18 Å². The summed E-state index contributed by atoms with van der Waals surface area (Å²) in [6.45, 7) is 3.32. The Bertz CT molecular complexity index is 1270. The lowest BCUT2D eigenvalue weighted by Gasteiger charge is -2.06. The maximum Gasteiger partial charge on any atom is 0.416 e. The zero-order chi connectivity index (χ0) is 22.9. The van der Waals surface area contributed by atoms with Gasteiger partial charge in [0.2, 0.25) is 5.95 Å². The van der Waals surface area contributed by atoms with Crippen LogP contribution in [0.3, 0.4) is 0 Å². The zero-order valence-electron chi connectivity index (χ0n) is 16.8. The molecular weight excluding hydrogens is 441 g/mol. The van der Waals surface area contributed by atoms with E-state index in [0.717, 1.165) is 23.5 Å². The number of amides is 1. The standard InChI is InChI=1S/C21H15F3N6OS/c1-11-16(32-19(26-11)13-6-8-14(9-7-13)21(22,23)24)18(31)30-20-28-12(2)27-17(29-20)15-5-3-4-10-25-15/h3-10H,1-2H3,(H,27,28,29,30,31). The van der Waals surface area contributed by atoms with E-state index in [0.29, 0.717) is 38.5 Å². The zero-order valence-corrected chi connectivity index (χ0v) is 17.6. The molecule has 11 heteroatoms. The van der Waals surface area contributed by atoms with Crippen LogP contribution in [0.4, 0.5) is 19.1 Å². The Morgan fingerprint density at radius 2 is 1.72 bits per heavy atom. The highest BCUT2D eigenvalue weighted by molar-refractivity contribution is 7.17. The average Bonchev–Trinajstić information content (AvgIpc) is 3.15. The predicted molar refractivity (Wildman–Crippen MR) is 113 cm³/mol. The lowest BCUT2D eigenvalue weighted by atomic mass is 10.1. The van der Waals surface area contributed by atoms with Crippen LogP contribution in [0.5, 0.6) is 0 Å². The van der Waals surface area contributed by atoms with Gasteiger partial charge in [0.25, 0.3) is 5.91 Å². The largest absolute Gasteiger partial charge is 0.416 e. The molecule has 3 aromatic heterocycles. The van der Waals surface area contributed by atoms with E-state index < -0.39 is 17.6 Å². The van der Waals surface area contributed by atoms with Gasteiger partial charge in [-0.15, -0.1) is 11.3 Å². The van der Waals surface area contributed by atoms with E-state index in [1.807, 2.05) is 0 Å². The summed E-state index contributed by atoms with van der Waals surface area (Å²) in [6.07, 6.45) is -2.81. The molecule has 0 saturated carbocycles. The van der Waals surface area contributed by atoms with Gasteiger partial charge in [0, 0.05) is 11.8 Å². The Balaban J connectivity index is 1.57. The molecule has 162 valence electrons. The highest BCUT2D eigenvalue weighted by Crippen LogP contribution is 2.33. The average molecular weight is 456 g/mol. The summed E-state index contributed by atoms with van der Waals surface area (Å²) in [7, 11) is 0. The molecule has 4 rings (SSSR count). The van der Waals surface area contributed by atoms with Crippen LogP contribution in [-0.4, -0.2) is 30.8 Å². The second-order valence-corrected chi connectivity index (χ2v) is 7.71. The van der Waals surface area contributed by atoms with E-state index in [1.165, 1.54) is 12.1 Å². The molecule has 0 unspecified atom stereocenters. The quantitative estimate of drug-likeness (QED) is 0.467. The van der Waals surface area contributed by atoms with Gasteiger partial charge in [0.05, 0.1) is 11.3 Å². The number of pyridine rings is 1. The number of carbonyl (C=O) groups is 1. The van der Waals surface area contributed by atoms with Crippen molar-refractivity contribution in [3.63, 3.8) is 0 Å². The molecule has 0 radical (unpaired) electrons. The molecule has 0 atom stereocenters. The summed E-state index contributed by atoms with van der Waals surface area (Å²) in [5.41, 5.74) is 0.713. The number of halogens is 3. The molecule has 1 N–H and O–H groups in total. The molecule has 0 saturated heterocycles. The van der Waals surface area contributed by atoms with Crippen LogP contribution in [0.2, 0.25) is 0 Å². The van der Waals surface area contributed by atoms with Crippen molar-refractivity contribution in [3.8, 4) is 22.1 Å². The lowest BCUT2D eigenvalue weighted by Crippen LogP contribution is -2.15. The number of aryl methyl sites for hydroxylation is 2. The summed E-state index contributed by atoms with van der Waals surface area (Å²) in [5.74, 6) is 0.310. The van der Waals surface area contributed by atoms with Crippen LogP contribution in [0.15, 0.2) is 48.7 Å². The molecule has 0 aliphatic heterocycles. The normalized spacial score (nSPS) is 11.4. The van der Waals surface area contributed by atoms with Crippen molar-refractivity contribution < 1.29 is 18.0 Å². The number of alkyl halides is 3. The first-order chi connectivity index (χ1) is 15.2. The summed E-state index contributed by atoms with van der Waals surface area (Å²) < 4.78 is 38.3. The molecule has 0 aliphatic rings. The minimum Gasteiger partial charge on any atom is -0.290 e. The van der Waals surface area contributed by atoms with Crippen molar-refractivity contribution in [3.05, 3.63) is 70.6 Å². The number of aromatic nitrogens is 5. The number of thiazole rings is 1. The molecule has 1 aromatic carbocycles. The number of nitrogens with one attached hydrogen (secondary N) is 1. The maximum atomic E-state index is 12.8. The second-order valence-electron chi connectivity index (χ2n) is 6.71. The molecule has 1 amide bonds. The van der Waals surface area contributed by atoms with E-state index in [2.05, 4.69) is 30.2 Å². The number of rotatable bonds is 4. The molecule has 0 aliphatic carbocycles. The Kier molecular flexibility index (Phi) is 5.66. The number of hydrogen-bond donors (Lipinski definition) is 1. The minimum atomic E-state index is -4.42.